The first-order valence-corrected chi connectivity index (χ1v) is 10.8. The SMILES string of the molecule is CC[C@@H]1CN2CCc3c([nH]c4cc(C)cc(OC)c34)C2CC1/C(=C\OC)C(=O)OC. The molecule has 30 heavy (non-hydrogen) atoms. The lowest BCUT2D eigenvalue weighted by Crippen LogP contribution is -2.47. The fraction of sp³-hybridized carbons (Fsp3) is 0.542. The van der Waals surface area contributed by atoms with E-state index >= 15 is 0 Å². The highest BCUT2D eigenvalue weighted by molar-refractivity contribution is 5.92. The number of methoxy groups -OCH3 is 3. The fourth-order valence-corrected chi connectivity index (χ4v) is 5.49. The normalized spacial score (nSPS) is 24.3. The number of ether oxygens (including phenoxy) is 3. The number of aryl methyl sites for hydroxylation is 1. The Bertz CT molecular complexity index is 977. The molecule has 4 rings (SSSR count). The van der Waals surface area contributed by atoms with Crippen LogP contribution in [0.25, 0.3) is 10.9 Å². The number of rotatable bonds is 5. The van der Waals surface area contributed by atoms with Crippen LogP contribution in [-0.2, 0) is 20.7 Å². The minimum absolute atomic E-state index is 0.102. The van der Waals surface area contributed by atoms with Gasteiger partial charge in [0.25, 0.3) is 0 Å². The molecule has 2 aromatic rings. The number of nitrogens with one attached hydrogen (secondary N) is 1. The monoisotopic (exact) mass is 412 g/mol. The maximum Gasteiger partial charge on any atom is 0.337 e. The molecule has 162 valence electrons. The molecule has 6 nitrogen and oxygen atoms in total. The van der Waals surface area contributed by atoms with Crippen molar-refractivity contribution in [1.82, 2.24) is 9.88 Å². The van der Waals surface area contributed by atoms with Crippen molar-refractivity contribution in [3.8, 4) is 5.75 Å². The summed E-state index contributed by atoms with van der Waals surface area (Å²) >= 11 is 0. The van der Waals surface area contributed by atoms with Gasteiger partial charge in [0.2, 0.25) is 0 Å². The van der Waals surface area contributed by atoms with Crippen LogP contribution in [0.1, 0.15) is 42.6 Å². The average Bonchev–Trinajstić information content (AvgIpc) is 3.14. The molecule has 0 radical (unpaired) electrons. The third-order valence-electron chi connectivity index (χ3n) is 6.89. The number of hydrogen-bond donors (Lipinski definition) is 1. The van der Waals surface area contributed by atoms with E-state index in [1.165, 1.54) is 29.3 Å². The van der Waals surface area contributed by atoms with Crippen LogP contribution in [0.15, 0.2) is 24.0 Å². The lowest BCUT2D eigenvalue weighted by atomic mass is 9.74. The van der Waals surface area contributed by atoms with Crippen LogP contribution in [0.3, 0.4) is 0 Å². The maximum atomic E-state index is 12.5. The number of esters is 1. The predicted octanol–water partition coefficient (Wildman–Crippen LogP) is 4.13. The van der Waals surface area contributed by atoms with Gasteiger partial charge < -0.3 is 19.2 Å². The van der Waals surface area contributed by atoms with Crippen molar-refractivity contribution in [3.63, 3.8) is 0 Å². The van der Waals surface area contributed by atoms with Gasteiger partial charge >= 0.3 is 5.97 Å². The first kappa shape index (κ1) is 20.8. The van der Waals surface area contributed by atoms with Crippen molar-refractivity contribution >= 4 is 16.9 Å². The first-order chi connectivity index (χ1) is 14.5. The highest BCUT2D eigenvalue weighted by atomic mass is 16.5. The molecular weight excluding hydrogens is 380 g/mol. The standard InChI is InChI=1S/C24H32N2O4/c1-6-15-12-26-8-7-16-22-19(9-14(2)10-21(22)29-4)25-23(16)20(26)11-17(15)18(13-28-3)24(27)30-5/h9-10,13,15,17,20,25H,6-8,11-12H2,1-5H3/b18-13+/t15-,17?,20?/m1/s1. The van der Waals surface area contributed by atoms with Gasteiger partial charge in [-0.25, -0.2) is 4.79 Å². The van der Waals surface area contributed by atoms with Crippen molar-refractivity contribution < 1.29 is 19.0 Å². The maximum absolute atomic E-state index is 12.5. The summed E-state index contributed by atoms with van der Waals surface area (Å²) in [7, 11) is 4.76. The van der Waals surface area contributed by atoms with Crippen molar-refractivity contribution in [2.24, 2.45) is 11.8 Å². The third kappa shape index (κ3) is 3.37. The quantitative estimate of drug-likeness (QED) is 0.454. The van der Waals surface area contributed by atoms with Crippen molar-refractivity contribution in [1.29, 1.82) is 0 Å². The number of nitrogens with zero attached hydrogens (tertiary/aromatic N) is 1. The highest BCUT2D eigenvalue weighted by Gasteiger charge is 2.42. The van der Waals surface area contributed by atoms with E-state index in [-0.39, 0.29) is 17.9 Å². The molecule has 0 bridgehead atoms. The number of aromatic nitrogens is 1. The van der Waals surface area contributed by atoms with Gasteiger partial charge in [-0.15, -0.1) is 0 Å². The number of fused-ring (bicyclic) bond motifs is 5. The summed E-state index contributed by atoms with van der Waals surface area (Å²) in [6, 6.07) is 4.54. The Morgan fingerprint density at radius 2 is 2.10 bits per heavy atom. The molecule has 2 aliphatic heterocycles. The van der Waals surface area contributed by atoms with Gasteiger partial charge in [-0.1, -0.05) is 13.3 Å². The smallest absolute Gasteiger partial charge is 0.337 e. The summed E-state index contributed by atoms with van der Waals surface area (Å²) in [5, 5.41) is 1.20. The number of hydrogen-bond acceptors (Lipinski definition) is 5. The molecule has 2 unspecified atom stereocenters. The molecule has 6 heteroatoms. The zero-order valence-corrected chi connectivity index (χ0v) is 18.6. The van der Waals surface area contributed by atoms with Gasteiger partial charge in [0.05, 0.1) is 39.2 Å². The van der Waals surface area contributed by atoms with Gasteiger partial charge in [0.1, 0.15) is 5.75 Å². The summed E-state index contributed by atoms with van der Waals surface area (Å²) in [6.07, 6.45) is 4.46. The van der Waals surface area contributed by atoms with Gasteiger partial charge in [0, 0.05) is 29.7 Å². The second kappa shape index (κ2) is 8.34. The molecule has 1 fully saturated rings. The summed E-state index contributed by atoms with van der Waals surface area (Å²) < 4.78 is 16.1. The lowest BCUT2D eigenvalue weighted by Gasteiger charge is -2.46. The second-order valence-corrected chi connectivity index (χ2v) is 8.48. The van der Waals surface area contributed by atoms with Crippen LogP contribution in [0.4, 0.5) is 0 Å². The molecular formula is C24H32N2O4. The van der Waals surface area contributed by atoms with Crippen LogP contribution >= 0.6 is 0 Å². The average molecular weight is 413 g/mol. The van der Waals surface area contributed by atoms with E-state index in [0.29, 0.717) is 11.5 Å². The molecule has 1 N–H and O–H groups in total. The molecule has 2 aliphatic rings. The van der Waals surface area contributed by atoms with E-state index in [0.717, 1.165) is 43.6 Å². The minimum Gasteiger partial charge on any atom is -0.504 e. The topological polar surface area (TPSA) is 63.8 Å². The van der Waals surface area contributed by atoms with Crippen molar-refractivity contribution in [2.45, 2.75) is 39.2 Å². The Hall–Kier alpha value is -2.47. The van der Waals surface area contributed by atoms with Crippen molar-refractivity contribution in [2.75, 3.05) is 34.4 Å². The van der Waals surface area contributed by atoms with E-state index in [9.17, 15) is 4.79 Å². The van der Waals surface area contributed by atoms with Crippen LogP contribution in [0.2, 0.25) is 0 Å². The van der Waals surface area contributed by atoms with E-state index < -0.39 is 0 Å². The number of H-pyrrole nitrogens is 1. The van der Waals surface area contributed by atoms with Crippen LogP contribution in [0.5, 0.6) is 5.75 Å². The van der Waals surface area contributed by atoms with Crippen LogP contribution in [-0.4, -0.2) is 50.3 Å². The van der Waals surface area contributed by atoms with E-state index in [1.54, 1.807) is 20.5 Å². The fourth-order valence-electron chi connectivity index (χ4n) is 5.49. The Morgan fingerprint density at radius 1 is 1.30 bits per heavy atom. The molecule has 0 saturated carbocycles. The van der Waals surface area contributed by atoms with E-state index in [1.807, 2.05) is 0 Å². The Morgan fingerprint density at radius 3 is 2.77 bits per heavy atom. The first-order valence-electron chi connectivity index (χ1n) is 10.8. The van der Waals surface area contributed by atoms with Crippen molar-refractivity contribution in [3.05, 3.63) is 40.8 Å². The largest absolute Gasteiger partial charge is 0.504 e. The van der Waals surface area contributed by atoms with Gasteiger partial charge in [-0.05, 0) is 54.9 Å². The summed E-state index contributed by atoms with van der Waals surface area (Å²) in [5.74, 6) is 1.14. The summed E-state index contributed by atoms with van der Waals surface area (Å²) in [5.41, 5.74) is 5.57. The van der Waals surface area contributed by atoms with Crippen LogP contribution < -0.4 is 4.74 Å². The molecule has 3 heterocycles. The number of carbonyl (C=O) groups excluding carboxylic acids is 1. The van der Waals surface area contributed by atoms with Gasteiger partial charge in [0.15, 0.2) is 0 Å². The van der Waals surface area contributed by atoms with Gasteiger partial charge in [-0.2, -0.15) is 0 Å². The number of aromatic amines is 1. The Labute approximate surface area is 178 Å². The van der Waals surface area contributed by atoms with Crippen LogP contribution in [0, 0.1) is 18.8 Å². The molecule has 1 saturated heterocycles. The molecule has 3 atom stereocenters. The molecule has 0 spiro atoms. The molecule has 0 amide bonds. The second-order valence-electron chi connectivity index (χ2n) is 8.48. The Balaban J connectivity index is 1.78. The zero-order chi connectivity index (χ0) is 21.4. The third-order valence-corrected chi connectivity index (χ3v) is 6.89. The highest BCUT2D eigenvalue weighted by Crippen LogP contribution is 2.47. The molecule has 0 aliphatic carbocycles. The molecule has 1 aromatic heterocycles. The lowest BCUT2D eigenvalue weighted by molar-refractivity contribution is -0.137. The summed E-state index contributed by atoms with van der Waals surface area (Å²) in [6.45, 7) is 6.28. The Kier molecular flexibility index (Phi) is 5.78. The predicted molar refractivity (Wildman–Crippen MR) is 117 cm³/mol. The summed E-state index contributed by atoms with van der Waals surface area (Å²) in [4.78, 5) is 18.8. The number of benzene rings is 1. The van der Waals surface area contributed by atoms with Gasteiger partial charge in [-0.3, -0.25) is 4.90 Å². The minimum atomic E-state index is -0.293. The number of piperidine rings is 1. The molecule has 1 aromatic carbocycles. The van der Waals surface area contributed by atoms with E-state index in [2.05, 4.69) is 35.9 Å². The number of carbonyl (C=O) groups is 1. The zero-order valence-electron chi connectivity index (χ0n) is 18.6. The van der Waals surface area contributed by atoms with E-state index in [4.69, 9.17) is 14.2 Å².